The minimum Gasteiger partial charge on any atom is -0.481 e. The van der Waals surface area contributed by atoms with Crippen molar-refractivity contribution in [3.05, 3.63) is 0 Å². The number of carbonyl (C=O) groups excluding carboxylic acids is 3. The Morgan fingerprint density at radius 3 is 1.86 bits per heavy atom. The number of hydrogen-bond donors (Lipinski definition) is 6. The highest BCUT2D eigenvalue weighted by Crippen LogP contribution is 2.09. The van der Waals surface area contributed by atoms with Crippen molar-refractivity contribution >= 4 is 29.7 Å². The molecule has 0 radical (unpaired) electrons. The van der Waals surface area contributed by atoms with Gasteiger partial charge < -0.3 is 31.9 Å². The summed E-state index contributed by atoms with van der Waals surface area (Å²) in [6, 6.07) is -4.23. The fourth-order valence-electron chi connectivity index (χ4n) is 2.14. The summed E-state index contributed by atoms with van der Waals surface area (Å²) in [6.45, 7) is 6.23. The Morgan fingerprint density at radius 1 is 0.857 bits per heavy atom. The van der Waals surface area contributed by atoms with E-state index in [0.29, 0.717) is 6.42 Å². The molecule has 0 saturated carbocycles. The third-order valence-electron chi connectivity index (χ3n) is 4.28. The van der Waals surface area contributed by atoms with Crippen LogP contribution >= 0.6 is 0 Å². The van der Waals surface area contributed by atoms with Crippen molar-refractivity contribution in [3.63, 3.8) is 0 Å². The van der Waals surface area contributed by atoms with E-state index in [1.807, 2.05) is 6.92 Å². The van der Waals surface area contributed by atoms with Gasteiger partial charge in [-0.1, -0.05) is 20.3 Å². The molecule has 0 bridgehead atoms. The Hall–Kier alpha value is -2.69. The van der Waals surface area contributed by atoms with Gasteiger partial charge in [0, 0.05) is 6.42 Å². The lowest BCUT2D eigenvalue weighted by molar-refractivity contribution is -0.142. The zero-order valence-electron chi connectivity index (χ0n) is 16.5. The smallest absolute Gasteiger partial charge is 0.325 e. The maximum atomic E-state index is 12.4. The van der Waals surface area contributed by atoms with Gasteiger partial charge in [-0.2, -0.15) is 0 Å². The van der Waals surface area contributed by atoms with Crippen LogP contribution in [0.15, 0.2) is 0 Å². The number of rotatable bonds is 12. The highest BCUT2D eigenvalue weighted by molar-refractivity contribution is 5.94. The number of aliphatic carboxylic acids is 2. The molecule has 0 aliphatic rings. The monoisotopic (exact) mass is 402 g/mol. The Morgan fingerprint density at radius 2 is 1.39 bits per heavy atom. The zero-order valence-corrected chi connectivity index (χ0v) is 16.5. The number of nitrogens with two attached hydrogens (primary N) is 1. The molecule has 0 rings (SSSR count). The lowest BCUT2D eigenvalue weighted by Gasteiger charge is -2.26. The summed E-state index contributed by atoms with van der Waals surface area (Å²) in [5.74, 6) is -4.57. The predicted octanol–water partition coefficient (Wildman–Crippen LogP) is -1.20. The largest absolute Gasteiger partial charge is 0.481 e. The van der Waals surface area contributed by atoms with Crippen molar-refractivity contribution in [3.8, 4) is 0 Å². The Balaban J connectivity index is 4.92. The minimum atomic E-state index is -1.21. The highest BCUT2D eigenvalue weighted by Gasteiger charge is 2.30. The quantitative estimate of drug-likeness (QED) is 0.235. The van der Waals surface area contributed by atoms with Gasteiger partial charge >= 0.3 is 11.9 Å². The summed E-state index contributed by atoms with van der Waals surface area (Å²) in [5.41, 5.74) is 5.59. The predicted molar refractivity (Wildman–Crippen MR) is 99.1 cm³/mol. The third kappa shape index (κ3) is 8.80. The second-order valence-corrected chi connectivity index (χ2v) is 6.71. The van der Waals surface area contributed by atoms with Crippen molar-refractivity contribution in [2.45, 2.75) is 71.1 Å². The summed E-state index contributed by atoms with van der Waals surface area (Å²) < 4.78 is 0. The molecular weight excluding hydrogens is 372 g/mol. The zero-order chi connectivity index (χ0) is 22.0. The third-order valence-corrected chi connectivity index (χ3v) is 4.28. The molecule has 3 amide bonds. The van der Waals surface area contributed by atoms with Crippen LogP contribution in [0.4, 0.5) is 0 Å². The number of hydrogen-bond acceptors (Lipinski definition) is 6. The van der Waals surface area contributed by atoms with Gasteiger partial charge in [0.1, 0.15) is 18.1 Å². The summed E-state index contributed by atoms with van der Waals surface area (Å²) >= 11 is 0. The topological polar surface area (TPSA) is 188 Å². The van der Waals surface area contributed by atoms with Gasteiger partial charge in [-0.15, -0.1) is 0 Å². The van der Waals surface area contributed by atoms with Crippen LogP contribution in [0.5, 0.6) is 0 Å². The first-order valence-corrected chi connectivity index (χ1v) is 9.01. The van der Waals surface area contributed by atoms with Crippen LogP contribution in [-0.4, -0.2) is 64.0 Å². The van der Waals surface area contributed by atoms with Crippen LogP contribution in [0.25, 0.3) is 0 Å². The molecule has 28 heavy (non-hydrogen) atoms. The van der Waals surface area contributed by atoms with Crippen LogP contribution in [0.1, 0.15) is 47.0 Å². The van der Waals surface area contributed by atoms with Gasteiger partial charge in [0.15, 0.2) is 0 Å². The Bertz CT molecular complexity index is 596. The fourth-order valence-corrected chi connectivity index (χ4v) is 2.14. The van der Waals surface area contributed by atoms with E-state index in [9.17, 15) is 24.0 Å². The number of carboxylic acid groups (broad SMARTS) is 2. The average molecular weight is 402 g/mol. The van der Waals surface area contributed by atoms with Crippen molar-refractivity contribution < 1.29 is 34.2 Å². The summed E-state index contributed by atoms with van der Waals surface area (Å²) in [4.78, 5) is 58.1. The first-order valence-electron chi connectivity index (χ1n) is 9.01. The molecule has 0 aromatic carbocycles. The van der Waals surface area contributed by atoms with E-state index in [-0.39, 0.29) is 18.8 Å². The molecule has 0 aliphatic heterocycles. The first-order chi connectivity index (χ1) is 12.9. The maximum Gasteiger partial charge on any atom is 0.325 e. The van der Waals surface area contributed by atoms with E-state index in [0.717, 1.165) is 0 Å². The van der Waals surface area contributed by atoms with Crippen LogP contribution in [0.3, 0.4) is 0 Å². The fraction of sp³-hybridized carbons (Fsp3) is 0.706. The number of carbonyl (C=O) groups is 5. The second kappa shape index (κ2) is 11.9. The van der Waals surface area contributed by atoms with E-state index in [1.54, 1.807) is 6.92 Å². The van der Waals surface area contributed by atoms with E-state index >= 15 is 0 Å². The lowest BCUT2D eigenvalue weighted by Crippen LogP contribution is -2.57. The number of amides is 3. The Labute approximate surface area is 163 Å². The minimum absolute atomic E-state index is 0.0829. The average Bonchev–Trinajstić information content (AvgIpc) is 2.62. The van der Waals surface area contributed by atoms with Crippen LogP contribution in [-0.2, 0) is 24.0 Å². The molecule has 11 heteroatoms. The summed E-state index contributed by atoms with van der Waals surface area (Å²) in [5, 5.41) is 24.7. The van der Waals surface area contributed by atoms with E-state index in [1.165, 1.54) is 13.8 Å². The standard InChI is InChI=1S/C17H30N4O7/c1-5-8(2)13(16(26)20-10(4)17(27)28)21-14(24)9(3)19-15(25)11(18)6-7-12(22)23/h8-11,13H,5-7,18H2,1-4H3,(H,19,25)(H,20,26)(H,21,24)(H,22,23)(H,27,28). The number of carboxylic acids is 2. The number of nitrogens with one attached hydrogen (secondary N) is 3. The highest BCUT2D eigenvalue weighted by atomic mass is 16.4. The Kier molecular flexibility index (Phi) is 10.8. The maximum absolute atomic E-state index is 12.4. The van der Waals surface area contributed by atoms with Gasteiger partial charge in [-0.25, -0.2) is 0 Å². The SMILES string of the molecule is CCC(C)C(NC(=O)C(C)NC(=O)C(N)CCC(=O)O)C(=O)NC(C)C(=O)O. The molecule has 0 aliphatic carbocycles. The van der Waals surface area contributed by atoms with Crippen LogP contribution in [0, 0.1) is 5.92 Å². The second-order valence-electron chi connectivity index (χ2n) is 6.71. The molecular formula is C17H30N4O7. The molecule has 0 aromatic heterocycles. The molecule has 7 N–H and O–H groups in total. The molecule has 5 atom stereocenters. The normalized spacial score (nSPS) is 16.0. The lowest BCUT2D eigenvalue weighted by atomic mass is 9.97. The molecule has 0 spiro atoms. The molecule has 0 fully saturated rings. The molecule has 11 nitrogen and oxygen atoms in total. The summed E-state index contributed by atoms with van der Waals surface area (Å²) in [7, 11) is 0. The van der Waals surface area contributed by atoms with Crippen molar-refractivity contribution in [2.75, 3.05) is 0 Å². The van der Waals surface area contributed by atoms with Crippen molar-refractivity contribution in [1.82, 2.24) is 16.0 Å². The van der Waals surface area contributed by atoms with Gasteiger partial charge in [0.25, 0.3) is 0 Å². The van der Waals surface area contributed by atoms with Crippen molar-refractivity contribution in [1.29, 1.82) is 0 Å². The van der Waals surface area contributed by atoms with Gasteiger partial charge in [0.05, 0.1) is 6.04 Å². The van der Waals surface area contributed by atoms with Gasteiger partial charge in [-0.05, 0) is 26.2 Å². The first kappa shape index (κ1) is 25.3. The van der Waals surface area contributed by atoms with E-state index in [4.69, 9.17) is 15.9 Å². The van der Waals surface area contributed by atoms with E-state index in [2.05, 4.69) is 16.0 Å². The van der Waals surface area contributed by atoms with Gasteiger partial charge in [0.2, 0.25) is 17.7 Å². The molecule has 5 unspecified atom stereocenters. The van der Waals surface area contributed by atoms with Crippen LogP contribution in [0.2, 0.25) is 0 Å². The molecule has 0 heterocycles. The molecule has 160 valence electrons. The van der Waals surface area contributed by atoms with E-state index < -0.39 is 53.8 Å². The molecule has 0 aromatic rings. The molecule has 0 saturated heterocycles. The van der Waals surface area contributed by atoms with Gasteiger partial charge in [-0.3, -0.25) is 24.0 Å². The summed E-state index contributed by atoms with van der Waals surface area (Å²) in [6.07, 6.45) is 0.175. The van der Waals surface area contributed by atoms with Crippen LogP contribution < -0.4 is 21.7 Å². The van der Waals surface area contributed by atoms with Crippen molar-refractivity contribution in [2.24, 2.45) is 11.7 Å².